The summed E-state index contributed by atoms with van der Waals surface area (Å²) in [4.78, 5) is 21.8. The van der Waals surface area contributed by atoms with Gasteiger partial charge in [0.15, 0.2) is 5.65 Å². The van der Waals surface area contributed by atoms with Gasteiger partial charge in [0.2, 0.25) is 0 Å². The number of hydrogen-bond acceptors (Lipinski definition) is 6. The molecule has 4 aromatic rings. The van der Waals surface area contributed by atoms with Crippen LogP contribution in [0.3, 0.4) is 0 Å². The smallest absolute Gasteiger partial charge is 0.256 e. The van der Waals surface area contributed by atoms with Gasteiger partial charge in [-0.25, -0.2) is 9.97 Å². The first-order valence-corrected chi connectivity index (χ1v) is 10.0. The molecule has 1 aliphatic heterocycles. The third-order valence-corrected chi connectivity index (χ3v) is 5.59. The van der Waals surface area contributed by atoms with Crippen LogP contribution >= 0.6 is 0 Å². The van der Waals surface area contributed by atoms with Crippen LogP contribution in [0.25, 0.3) is 27.9 Å². The lowest BCUT2D eigenvalue weighted by atomic mass is 10.1. The molecule has 154 valence electrons. The molecule has 0 radical (unpaired) electrons. The summed E-state index contributed by atoms with van der Waals surface area (Å²) in [7, 11) is 3.42. The minimum atomic E-state index is -0.222. The predicted molar refractivity (Wildman–Crippen MR) is 114 cm³/mol. The minimum Gasteiger partial charge on any atom is -0.379 e. The van der Waals surface area contributed by atoms with Gasteiger partial charge in [-0.1, -0.05) is 0 Å². The van der Waals surface area contributed by atoms with Crippen molar-refractivity contribution in [2.75, 3.05) is 32.6 Å². The molecule has 0 spiro atoms. The summed E-state index contributed by atoms with van der Waals surface area (Å²) in [6.45, 7) is 1.49. The number of nitrogens with zero attached hydrogens (tertiary/aromatic N) is 5. The maximum absolute atomic E-state index is 12.3. The topological polar surface area (TPSA) is 98.4 Å². The average Bonchev–Trinajstić information content (AvgIpc) is 3.40. The molecule has 0 aliphatic carbocycles. The van der Waals surface area contributed by atoms with Gasteiger partial charge in [0.25, 0.3) is 5.91 Å². The normalized spacial score (nSPS) is 16.8. The van der Waals surface area contributed by atoms with Crippen LogP contribution in [0.2, 0.25) is 0 Å². The monoisotopic (exact) mass is 405 g/mol. The van der Waals surface area contributed by atoms with E-state index in [4.69, 9.17) is 9.72 Å². The molecule has 5 rings (SSSR count). The quantitative estimate of drug-likeness (QED) is 0.541. The highest BCUT2D eigenvalue weighted by molar-refractivity contribution is 6.00. The number of aromatic nitrogens is 5. The van der Waals surface area contributed by atoms with E-state index in [0.29, 0.717) is 17.8 Å². The van der Waals surface area contributed by atoms with Crippen molar-refractivity contribution in [2.24, 2.45) is 0 Å². The lowest BCUT2D eigenvalue weighted by Gasteiger charge is -2.24. The highest BCUT2D eigenvalue weighted by Gasteiger charge is 2.23. The van der Waals surface area contributed by atoms with Crippen molar-refractivity contribution in [3.8, 4) is 11.3 Å². The lowest BCUT2D eigenvalue weighted by molar-refractivity contribution is 0.0605. The van der Waals surface area contributed by atoms with E-state index >= 15 is 0 Å². The molecule has 1 atom stereocenters. The highest BCUT2D eigenvalue weighted by atomic mass is 16.5. The first kappa shape index (κ1) is 18.6. The number of nitrogens with one attached hydrogen (secondary N) is 2. The van der Waals surface area contributed by atoms with Crippen molar-refractivity contribution >= 4 is 28.4 Å². The fourth-order valence-corrected chi connectivity index (χ4v) is 4.08. The van der Waals surface area contributed by atoms with Gasteiger partial charge in [-0.2, -0.15) is 9.61 Å². The number of hydrogen-bond donors (Lipinski definition) is 2. The van der Waals surface area contributed by atoms with E-state index in [1.54, 1.807) is 11.6 Å². The molecule has 1 unspecified atom stereocenters. The van der Waals surface area contributed by atoms with Crippen molar-refractivity contribution < 1.29 is 9.53 Å². The van der Waals surface area contributed by atoms with Crippen molar-refractivity contribution in [3.63, 3.8) is 0 Å². The van der Waals surface area contributed by atoms with Gasteiger partial charge in [0.1, 0.15) is 17.0 Å². The van der Waals surface area contributed by atoms with E-state index in [0.717, 1.165) is 47.6 Å². The number of fused-ring (bicyclic) bond motifs is 2. The van der Waals surface area contributed by atoms with Gasteiger partial charge < -0.3 is 19.9 Å². The Morgan fingerprint density at radius 2 is 2.20 bits per heavy atom. The Morgan fingerprint density at radius 1 is 1.30 bits per heavy atom. The Balaban J connectivity index is 1.73. The first-order chi connectivity index (χ1) is 14.7. The molecular weight excluding hydrogens is 382 g/mol. The van der Waals surface area contributed by atoms with Crippen LogP contribution in [0.5, 0.6) is 0 Å². The molecule has 1 saturated heterocycles. The van der Waals surface area contributed by atoms with Gasteiger partial charge >= 0.3 is 0 Å². The van der Waals surface area contributed by atoms with Crippen LogP contribution in [0.15, 0.2) is 36.8 Å². The zero-order chi connectivity index (χ0) is 20.7. The maximum Gasteiger partial charge on any atom is 0.256 e. The van der Waals surface area contributed by atoms with Gasteiger partial charge in [0, 0.05) is 50.1 Å². The van der Waals surface area contributed by atoms with E-state index in [2.05, 4.69) is 37.5 Å². The van der Waals surface area contributed by atoms with Crippen LogP contribution in [0.4, 0.5) is 5.82 Å². The molecule has 0 aromatic carbocycles. The van der Waals surface area contributed by atoms with Gasteiger partial charge in [-0.3, -0.25) is 4.79 Å². The molecule has 4 aromatic heterocycles. The van der Waals surface area contributed by atoms with Crippen molar-refractivity contribution in [3.05, 3.63) is 42.4 Å². The van der Waals surface area contributed by atoms with Crippen molar-refractivity contribution in [1.29, 1.82) is 0 Å². The van der Waals surface area contributed by atoms with E-state index in [1.165, 1.54) is 6.20 Å². The fraction of sp³-hybridized carbons (Fsp3) is 0.333. The molecule has 0 saturated carbocycles. The number of carbonyl (C=O) groups is 1. The van der Waals surface area contributed by atoms with Crippen LogP contribution in [0.1, 0.15) is 29.2 Å². The summed E-state index contributed by atoms with van der Waals surface area (Å²) < 4.78 is 9.55. The Labute approximate surface area is 173 Å². The SMILES string of the molecule is CNC(=O)c1cnn2c(NC)cc(-c3cn(C4CCCOC4)c4ncccc34)nc12. The third kappa shape index (κ3) is 2.89. The molecule has 5 heterocycles. The predicted octanol–water partition coefficient (Wildman–Crippen LogP) is 2.50. The van der Waals surface area contributed by atoms with Crippen LogP contribution in [-0.2, 0) is 4.74 Å². The second-order valence-corrected chi connectivity index (χ2v) is 7.34. The molecule has 0 bridgehead atoms. The maximum atomic E-state index is 12.3. The van der Waals surface area contributed by atoms with E-state index in [-0.39, 0.29) is 11.9 Å². The lowest BCUT2D eigenvalue weighted by Crippen LogP contribution is -2.20. The van der Waals surface area contributed by atoms with Crippen molar-refractivity contribution in [1.82, 2.24) is 29.5 Å². The van der Waals surface area contributed by atoms with Gasteiger partial charge in [-0.15, -0.1) is 0 Å². The molecule has 9 nitrogen and oxygen atoms in total. The number of pyridine rings is 1. The minimum absolute atomic E-state index is 0.222. The number of anilines is 1. The highest BCUT2D eigenvalue weighted by Crippen LogP contribution is 2.34. The Kier molecular flexibility index (Phi) is 4.59. The summed E-state index contributed by atoms with van der Waals surface area (Å²) in [6, 6.07) is 6.17. The van der Waals surface area contributed by atoms with E-state index < -0.39 is 0 Å². The zero-order valence-corrected chi connectivity index (χ0v) is 16.9. The molecule has 2 N–H and O–H groups in total. The summed E-state index contributed by atoms with van der Waals surface area (Å²) in [5, 5.41) is 11.2. The van der Waals surface area contributed by atoms with Crippen LogP contribution < -0.4 is 10.6 Å². The summed E-state index contributed by atoms with van der Waals surface area (Å²) >= 11 is 0. The number of ether oxygens (including phenoxy) is 1. The van der Waals surface area contributed by atoms with E-state index in [1.807, 2.05) is 25.4 Å². The molecule has 1 fully saturated rings. The second-order valence-electron chi connectivity index (χ2n) is 7.34. The molecular formula is C21H23N7O2. The third-order valence-electron chi connectivity index (χ3n) is 5.59. The Hall–Kier alpha value is -3.46. The Morgan fingerprint density at radius 3 is 2.97 bits per heavy atom. The standard InChI is InChI=1S/C21H23N7O2/c1-22-18-9-17(26-20-15(21(29)23-2)10-25-28(18)20)16-11-27(13-5-4-8-30-12-13)19-14(16)6-3-7-24-19/h3,6-7,9-11,13,22H,4-5,8,12H2,1-2H3,(H,23,29). The molecule has 30 heavy (non-hydrogen) atoms. The molecule has 9 heteroatoms. The molecule has 1 amide bonds. The number of amides is 1. The summed E-state index contributed by atoms with van der Waals surface area (Å²) in [5.41, 5.74) is 3.56. The summed E-state index contributed by atoms with van der Waals surface area (Å²) in [6.07, 6.45) is 7.53. The van der Waals surface area contributed by atoms with Crippen molar-refractivity contribution in [2.45, 2.75) is 18.9 Å². The number of rotatable bonds is 4. The zero-order valence-electron chi connectivity index (χ0n) is 16.9. The summed E-state index contributed by atoms with van der Waals surface area (Å²) in [5.74, 6) is 0.524. The fourth-order valence-electron chi connectivity index (χ4n) is 4.08. The number of carbonyl (C=O) groups excluding carboxylic acids is 1. The first-order valence-electron chi connectivity index (χ1n) is 10.0. The Bertz CT molecular complexity index is 1240. The van der Waals surface area contributed by atoms with Crippen LogP contribution in [0, 0.1) is 0 Å². The van der Waals surface area contributed by atoms with Gasteiger partial charge in [-0.05, 0) is 25.0 Å². The van der Waals surface area contributed by atoms with Crippen LogP contribution in [-0.4, -0.2) is 57.4 Å². The molecule has 1 aliphatic rings. The largest absolute Gasteiger partial charge is 0.379 e. The second kappa shape index (κ2) is 7.42. The van der Waals surface area contributed by atoms with E-state index in [9.17, 15) is 4.79 Å². The average molecular weight is 405 g/mol. The van der Waals surface area contributed by atoms with Gasteiger partial charge in [0.05, 0.1) is 24.5 Å².